The summed E-state index contributed by atoms with van der Waals surface area (Å²) < 4.78 is 5.47. The van der Waals surface area contributed by atoms with Crippen molar-refractivity contribution in [1.29, 1.82) is 0 Å². The molecule has 0 spiro atoms. The van der Waals surface area contributed by atoms with E-state index in [4.69, 9.17) is 21.4 Å². The molecule has 2 aromatic rings. The first-order valence-corrected chi connectivity index (χ1v) is 6.04. The molecule has 0 amide bonds. The van der Waals surface area contributed by atoms with E-state index in [9.17, 15) is 4.79 Å². The number of carbonyl (C=O) groups is 1. The van der Waals surface area contributed by atoms with E-state index in [-0.39, 0.29) is 12.2 Å². The summed E-state index contributed by atoms with van der Waals surface area (Å²) in [6.45, 7) is 0.540. The molecular formula is C14H12ClNO3. The van der Waals surface area contributed by atoms with Crippen LogP contribution in [-0.2, 0) is 18.0 Å². The second-order valence-electron chi connectivity index (χ2n) is 3.92. The summed E-state index contributed by atoms with van der Waals surface area (Å²) in [5.74, 6) is -1.00. The van der Waals surface area contributed by atoms with Gasteiger partial charge in [0.25, 0.3) is 0 Å². The Balaban J connectivity index is 1.96. The van der Waals surface area contributed by atoms with Crippen molar-refractivity contribution in [3.8, 4) is 0 Å². The van der Waals surface area contributed by atoms with Gasteiger partial charge in [-0.15, -0.1) is 0 Å². The van der Waals surface area contributed by atoms with Gasteiger partial charge < -0.3 is 9.84 Å². The molecule has 0 aliphatic rings. The number of carboxylic acids is 1. The largest absolute Gasteiger partial charge is 0.478 e. The van der Waals surface area contributed by atoms with E-state index < -0.39 is 5.97 Å². The molecule has 1 aromatic heterocycles. The van der Waals surface area contributed by atoms with Crippen LogP contribution in [0.2, 0.25) is 5.02 Å². The highest BCUT2D eigenvalue weighted by molar-refractivity contribution is 6.30. The first kappa shape index (κ1) is 13.5. The number of hydrogen-bond acceptors (Lipinski definition) is 3. The van der Waals surface area contributed by atoms with Gasteiger partial charge in [-0.25, -0.2) is 4.79 Å². The number of hydrogen-bond donors (Lipinski definition) is 1. The molecule has 0 fully saturated rings. The number of rotatable bonds is 5. The molecule has 0 saturated carbocycles. The highest BCUT2D eigenvalue weighted by Gasteiger charge is 2.10. The Kier molecular flexibility index (Phi) is 4.49. The first-order valence-electron chi connectivity index (χ1n) is 5.66. The van der Waals surface area contributed by atoms with Gasteiger partial charge in [0, 0.05) is 11.2 Å². The van der Waals surface area contributed by atoms with Crippen LogP contribution in [0.1, 0.15) is 21.6 Å². The van der Waals surface area contributed by atoms with Crippen LogP contribution in [0.15, 0.2) is 42.6 Å². The maximum Gasteiger partial charge on any atom is 0.337 e. The minimum Gasteiger partial charge on any atom is -0.478 e. The van der Waals surface area contributed by atoms with Gasteiger partial charge in [-0.3, -0.25) is 4.98 Å². The molecule has 0 saturated heterocycles. The molecule has 4 nitrogen and oxygen atoms in total. The molecule has 0 unspecified atom stereocenters. The van der Waals surface area contributed by atoms with E-state index in [1.165, 1.54) is 6.07 Å². The van der Waals surface area contributed by atoms with Gasteiger partial charge in [-0.05, 0) is 29.8 Å². The monoisotopic (exact) mass is 277 g/mol. The van der Waals surface area contributed by atoms with Gasteiger partial charge in [0.1, 0.15) is 0 Å². The Morgan fingerprint density at radius 3 is 2.63 bits per heavy atom. The van der Waals surface area contributed by atoms with Crippen LogP contribution in [0, 0.1) is 0 Å². The highest BCUT2D eigenvalue weighted by Crippen LogP contribution is 2.12. The van der Waals surface area contributed by atoms with Crippen LogP contribution in [0.3, 0.4) is 0 Å². The van der Waals surface area contributed by atoms with E-state index in [0.29, 0.717) is 17.3 Å². The Morgan fingerprint density at radius 2 is 1.95 bits per heavy atom. The number of nitrogens with zero attached hydrogens (tertiary/aromatic N) is 1. The van der Waals surface area contributed by atoms with Crippen LogP contribution in [0.25, 0.3) is 0 Å². The minimum absolute atomic E-state index is 0.158. The first-order chi connectivity index (χ1) is 9.16. The fourth-order valence-electron chi connectivity index (χ4n) is 1.59. The molecule has 98 valence electrons. The summed E-state index contributed by atoms with van der Waals surface area (Å²) in [5, 5.41) is 9.67. The zero-order valence-corrected chi connectivity index (χ0v) is 10.8. The normalized spacial score (nSPS) is 10.4. The van der Waals surface area contributed by atoms with Crippen LogP contribution in [-0.4, -0.2) is 16.1 Å². The van der Waals surface area contributed by atoms with Crippen molar-refractivity contribution in [3.05, 3.63) is 64.4 Å². The molecule has 0 radical (unpaired) electrons. The highest BCUT2D eigenvalue weighted by atomic mass is 35.5. The average molecular weight is 278 g/mol. The third-order valence-corrected chi connectivity index (χ3v) is 2.79. The second kappa shape index (κ2) is 6.31. The van der Waals surface area contributed by atoms with Crippen LogP contribution in [0.4, 0.5) is 0 Å². The molecular weight excluding hydrogens is 266 g/mol. The second-order valence-corrected chi connectivity index (χ2v) is 4.36. The van der Waals surface area contributed by atoms with Gasteiger partial charge in [-0.2, -0.15) is 0 Å². The van der Waals surface area contributed by atoms with E-state index in [1.807, 2.05) is 12.1 Å². The maximum absolute atomic E-state index is 11.0. The Labute approximate surface area is 115 Å². The SMILES string of the molecule is O=C(O)c1cccnc1COCc1ccc(Cl)cc1. The van der Waals surface area contributed by atoms with Crippen molar-refractivity contribution >= 4 is 17.6 Å². The summed E-state index contributed by atoms with van der Waals surface area (Å²) in [5.41, 5.74) is 1.56. The van der Waals surface area contributed by atoms with Gasteiger partial charge in [0.05, 0.1) is 24.5 Å². The average Bonchev–Trinajstić information content (AvgIpc) is 2.41. The summed E-state index contributed by atoms with van der Waals surface area (Å²) in [7, 11) is 0. The third-order valence-electron chi connectivity index (χ3n) is 2.54. The fraction of sp³-hybridized carbons (Fsp3) is 0.143. The summed E-state index contributed by atoms with van der Waals surface area (Å²) in [4.78, 5) is 15.0. The zero-order chi connectivity index (χ0) is 13.7. The lowest BCUT2D eigenvalue weighted by molar-refractivity contribution is 0.0681. The molecule has 19 heavy (non-hydrogen) atoms. The Morgan fingerprint density at radius 1 is 1.21 bits per heavy atom. The number of benzene rings is 1. The van der Waals surface area contributed by atoms with Gasteiger partial charge in [0.15, 0.2) is 0 Å². The molecule has 0 aliphatic carbocycles. The number of carboxylic acid groups (broad SMARTS) is 1. The van der Waals surface area contributed by atoms with Crippen molar-refractivity contribution in [1.82, 2.24) is 4.98 Å². The van der Waals surface area contributed by atoms with E-state index in [2.05, 4.69) is 4.98 Å². The Hall–Kier alpha value is -1.91. The maximum atomic E-state index is 11.0. The molecule has 0 atom stereocenters. The van der Waals surface area contributed by atoms with E-state index in [0.717, 1.165) is 5.56 Å². The van der Waals surface area contributed by atoms with E-state index >= 15 is 0 Å². The zero-order valence-electron chi connectivity index (χ0n) is 10.0. The standard InChI is InChI=1S/C14H12ClNO3/c15-11-5-3-10(4-6-11)8-19-9-13-12(14(17)18)2-1-7-16-13/h1-7H,8-9H2,(H,17,18). The molecule has 1 N–H and O–H groups in total. The lowest BCUT2D eigenvalue weighted by atomic mass is 10.2. The fourth-order valence-corrected chi connectivity index (χ4v) is 1.72. The van der Waals surface area contributed by atoms with Crippen LogP contribution < -0.4 is 0 Å². The van der Waals surface area contributed by atoms with Crippen molar-refractivity contribution in [2.24, 2.45) is 0 Å². The number of ether oxygens (including phenoxy) is 1. The minimum atomic E-state index is -1.00. The smallest absolute Gasteiger partial charge is 0.337 e. The summed E-state index contributed by atoms with van der Waals surface area (Å²) >= 11 is 5.78. The summed E-state index contributed by atoms with van der Waals surface area (Å²) in [6.07, 6.45) is 1.55. The lowest BCUT2D eigenvalue weighted by Gasteiger charge is -2.06. The predicted molar refractivity (Wildman–Crippen MR) is 71.1 cm³/mol. The molecule has 2 rings (SSSR count). The van der Waals surface area contributed by atoms with Crippen molar-refractivity contribution in [2.75, 3.05) is 0 Å². The van der Waals surface area contributed by atoms with Crippen molar-refractivity contribution in [2.45, 2.75) is 13.2 Å². The quantitative estimate of drug-likeness (QED) is 0.912. The van der Waals surface area contributed by atoms with Gasteiger partial charge in [0.2, 0.25) is 0 Å². The van der Waals surface area contributed by atoms with Gasteiger partial charge >= 0.3 is 5.97 Å². The third kappa shape index (κ3) is 3.77. The van der Waals surface area contributed by atoms with Crippen LogP contribution in [0.5, 0.6) is 0 Å². The summed E-state index contributed by atoms with van der Waals surface area (Å²) in [6, 6.07) is 10.4. The number of halogens is 1. The van der Waals surface area contributed by atoms with Crippen LogP contribution >= 0.6 is 11.6 Å². The molecule has 0 aliphatic heterocycles. The number of aromatic carboxylic acids is 1. The lowest BCUT2D eigenvalue weighted by Crippen LogP contribution is -2.06. The van der Waals surface area contributed by atoms with Crippen molar-refractivity contribution < 1.29 is 14.6 Å². The van der Waals surface area contributed by atoms with Gasteiger partial charge in [-0.1, -0.05) is 23.7 Å². The number of aromatic nitrogens is 1. The predicted octanol–water partition coefficient (Wildman–Crippen LogP) is 3.15. The number of pyridine rings is 1. The molecule has 1 aromatic carbocycles. The Bertz CT molecular complexity index is 569. The van der Waals surface area contributed by atoms with Crippen molar-refractivity contribution in [3.63, 3.8) is 0 Å². The molecule has 0 bridgehead atoms. The topological polar surface area (TPSA) is 59.4 Å². The molecule has 5 heteroatoms. The van der Waals surface area contributed by atoms with E-state index in [1.54, 1.807) is 24.4 Å². The molecule has 1 heterocycles.